The van der Waals surface area contributed by atoms with E-state index in [1.54, 1.807) is 12.1 Å². The SMILES string of the molecule is NC(=O)C(c1ccc(Br)cc1F)N1CCNCC1. The summed E-state index contributed by atoms with van der Waals surface area (Å²) in [6.07, 6.45) is 0. The summed E-state index contributed by atoms with van der Waals surface area (Å²) in [6, 6.07) is 3.99. The van der Waals surface area contributed by atoms with Crippen molar-refractivity contribution in [2.45, 2.75) is 6.04 Å². The molecule has 98 valence electrons. The smallest absolute Gasteiger partial charge is 0.239 e. The molecular formula is C12H15BrFN3O. The van der Waals surface area contributed by atoms with Crippen molar-refractivity contribution >= 4 is 21.8 Å². The normalized spacial score (nSPS) is 18.6. The summed E-state index contributed by atoms with van der Waals surface area (Å²) >= 11 is 3.20. The van der Waals surface area contributed by atoms with Crippen molar-refractivity contribution in [3.05, 3.63) is 34.1 Å². The molecule has 3 N–H and O–H groups in total. The van der Waals surface area contributed by atoms with Crippen LogP contribution in [-0.2, 0) is 4.79 Å². The fourth-order valence-corrected chi connectivity index (χ4v) is 2.53. The van der Waals surface area contributed by atoms with E-state index in [1.165, 1.54) is 6.07 Å². The highest BCUT2D eigenvalue weighted by atomic mass is 79.9. The minimum Gasteiger partial charge on any atom is -0.368 e. The van der Waals surface area contributed by atoms with Gasteiger partial charge in [0.05, 0.1) is 0 Å². The van der Waals surface area contributed by atoms with E-state index in [1.807, 2.05) is 4.90 Å². The topological polar surface area (TPSA) is 58.4 Å². The van der Waals surface area contributed by atoms with Crippen LogP contribution < -0.4 is 11.1 Å². The highest BCUT2D eigenvalue weighted by Crippen LogP contribution is 2.25. The van der Waals surface area contributed by atoms with Gasteiger partial charge in [-0.1, -0.05) is 22.0 Å². The van der Waals surface area contributed by atoms with E-state index in [0.717, 1.165) is 13.1 Å². The molecule has 0 radical (unpaired) electrons. The number of benzene rings is 1. The number of carbonyl (C=O) groups excluding carboxylic acids is 1. The van der Waals surface area contributed by atoms with Gasteiger partial charge in [0.15, 0.2) is 0 Å². The van der Waals surface area contributed by atoms with Crippen LogP contribution in [0.3, 0.4) is 0 Å². The molecule has 4 nitrogen and oxygen atoms in total. The number of piperazine rings is 1. The summed E-state index contributed by atoms with van der Waals surface area (Å²) in [5.41, 5.74) is 5.77. The number of nitrogens with zero attached hydrogens (tertiary/aromatic N) is 1. The van der Waals surface area contributed by atoms with Crippen LogP contribution in [0, 0.1) is 5.82 Å². The van der Waals surface area contributed by atoms with E-state index >= 15 is 0 Å². The fraction of sp³-hybridized carbons (Fsp3) is 0.417. The molecule has 0 aromatic heterocycles. The lowest BCUT2D eigenvalue weighted by Crippen LogP contribution is -2.48. The largest absolute Gasteiger partial charge is 0.368 e. The van der Waals surface area contributed by atoms with Crippen LogP contribution in [0.2, 0.25) is 0 Å². The van der Waals surface area contributed by atoms with Gasteiger partial charge >= 0.3 is 0 Å². The second-order valence-corrected chi connectivity index (χ2v) is 5.17. The number of nitrogens with two attached hydrogens (primary N) is 1. The van der Waals surface area contributed by atoms with Gasteiger partial charge in [-0.3, -0.25) is 9.69 Å². The summed E-state index contributed by atoms with van der Waals surface area (Å²) in [7, 11) is 0. The molecule has 1 heterocycles. The molecule has 1 unspecified atom stereocenters. The molecule has 1 saturated heterocycles. The lowest BCUT2D eigenvalue weighted by Gasteiger charge is -2.33. The van der Waals surface area contributed by atoms with Crippen molar-refractivity contribution in [1.29, 1.82) is 0 Å². The Bertz CT molecular complexity index is 449. The number of rotatable bonds is 3. The fourth-order valence-electron chi connectivity index (χ4n) is 2.19. The molecule has 1 aliphatic rings. The van der Waals surface area contributed by atoms with Gasteiger partial charge in [0.25, 0.3) is 0 Å². The molecule has 1 amide bonds. The zero-order valence-electron chi connectivity index (χ0n) is 9.83. The van der Waals surface area contributed by atoms with Crippen molar-refractivity contribution in [2.24, 2.45) is 5.73 Å². The lowest BCUT2D eigenvalue weighted by molar-refractivity contribution is -0.123. The summed E-state index contributed by atoms with van der Waals surface area (Å²) in [6.45, 7) is 2.93. The summed E-state index contributed by atoms with van der Waals surface area (Å²) in [4.78, 5) is 13.5. The molecule has 1 atom stereocenters. The highest BCUT2D eigenvalue weighted by Gasteiger charge is 2.29. The third-order valence-corrected chi connectivity index (χ3v) is 3.54. The second kappa shape index (κ2) is 5.77. The maximum atomic E-state index is 13.9. The third kappa shape index (κ3) is 2.88. The monoisotopic (exact) mass is 315 g/mol. The summed E-state index contributed by atoms with van der Waals surface area (Å²) < 4.78 is 14.6. The van der Waals surface area contributed by atoms with Crippen LogP contribution in [0.5, 0.6) is 0 Å². The molecule has 1 aromatic rings. The molecular weight excluding hydrogens is 301 g/mol. The Balaban J connectivity index is 2.31. The standard InChI is InChI=1S/C12H15BrFN3O/c13-8-1-2-9(10(14)7-8)11(12(15)18)17-5-3-16-4-6-17/h1-2,7,11,16H,3-6H2,(H2,15,18). The van der Waals surface area contributed by atoms with E-state index in [-0.39, 0.29) is 0 Å². The summed E-state index contributed by atoms with van der Waals surface area (Å²) in [5.74, 6) is -0.926. The predicted octanol–water partition coefficient (Wildman–Crippen LogP) is 1.02. The Hall–Kier alpha value is -0.980. The highest BCUT2D eigenvalue weighted by molar-refractivity contribution is 9.10. The molecule has 1 aliphatic heterocycles. The van der Waals surface area contributed by atoms with Crippen LogP contribution in [0.4, 0.5) is 4.39 Å². The Labute approximate surface area is 113 Å². The Morgan fingerprint density at radius 3 is 2.67 bits per heavy atom. The molecule has 1 fully saturated rings. The first-order valence-electron chi connectivity index (χ1n) is 5.78. The Morgan fingerprint density at radius 1 is 1.44 bits per heavy atom. The number of primary amides is 1. The molecule has 18 heavy (non-hydrogen) atoms. The number of hydrogen-bond acceptors (Lipinski definition) is 3. The summed E-state index contributed by atoms with van der Waals surface area (Å²) in [5, 5.41) is 3.19. The molecule has 1 aromatic carbocycles. The van der Waals surface area contributed by atoms with E-state index < -0.39 is 17.8 Å². The van der Waals surface area contributed by atoms with E-state index in [9.17, 15) is 9.18 Å². The second-order valence-electron chi connectivity index (χ2n) is 4.26. The van der Waals surface area contributed by atoms with Crippen molar-refractivity contribution in [3.63, 3.8) is 0 Å². The van der Waals surface area contributed by atoms with Gasteiger partial charge in [0.1, 0.15) is 11.9 Å². The van der Waals surface area contributed by atoms with Gasteiger partial charge in [-0.2, -0.15) is 0 Å². The van der Waals surface area contributed by atoms with Crippen LogP contribution in [0.25, 0.3) is 0 Å². The van der Waals surface area contributed by atoms with Crippen molar-refractivity contribution in [2.75, 3.05) is 26.2 Å². The molecule has 2 rings (SSSR count). The van der Waals surface area contributed by atoms with E-state index in [2.05, 4.69) is 21.2 Å². The van der Waals surface area contributed by atoms with Crippen LogP contribution in [-0.4, -0.2) is 37.0 Å². The predicted molar refractivity (Wildman–Crippen MR) is 70.5 cm³/mol. The molecule has 0 spiro atoms. The van der Waals surface area contributed by atoms with Crippen LogP contribution >= 0.6 is 15.9 Å². The number of hydrogen-bond donors (Lipinski definition) is 2. The molecule has 0 aliphatic carbocycles. The maximum absolute atomic E-state index is 13.9. The lowest BCUT2D eigenvalue weighted by atomic mass is 10.0. The minimum atomic E-state index is -0.694. The van der Waals surface area contributed by atoms with Gasteiger partial charge in [0, 0.05) is 36.2 Å². The number of carbonyl (C=O) groups is 1. The zero-order chi connectivity index (χ0) is 13.1. The zero-order valence-corrected chi connectivity index (χ0v) is 11.4. The molecule has 0 saturated carbocycles. The Kier molecular flexibility index (Phi) is 4.31. The first-order chi connectivity index (χ1) is 8.59. The first kappa shape index (κ1) is 13.5. The maximum Gasteiger partial charge on any atom is 0.239 e. The van der Waals surface area contributed by atoms with Gasteiger partial charge < -0.3 is 11.1 Å². The minimum absolute atomic E-state index is 0.340. The third-order valence-electron chi connectivity index (χ3n) is 3.04. The average Bonchev–Trinajstić information content (AvgIpc) is 2.33. The van der Waals surface area contributed by atoms with Crippen LogP contribution in [0.1, 0.15) is 11.6 Å². The van der Waals surface area contributed by atoms with Gasteiger partial charge in [-0.15, -0.1) is 0 Å². The van der Waals surface area contributed by atoms with Gasteiger partial charge in [-0.05, 0) is 12.1 Å². The van der Waals surface area contributed by atoms with Crippen molar-refractivity contribution in [3.8, 4) is 0 Å². The van der Waals surface area contributed by atoms with E-state index in [0.29, 0.717) is 23.1 Å². The van der Waals surface area contributed by atoms with Crippen LogP contribution in [0.15, 0.2) is 22.7 Å². The average molecular weight is 316 g/mol. The van der Waals surface area contributed by atoms with E-state index in [4.69, 9.17) is 5.73 Å². The van der Waals surface area contributed by atoms with Gasteiger partial charge in [0.2, 0.25) is 5.91 Å². The van der Waals surface area contributed by atoms with Crippen molar-refractivity contribution in [1.82, 2.24) is 10.2 Å². The molecule has 6 heteroatoms. The first-order valence-corrected chi connectivity index (χ1v) is 6.58. The number of nitrogens with one attached hydrogen (secondary N) is 1. The van der Waals surface area contributed by atoms with Crippen molar-refractivity contribution < 1.29 is 9.18 Å². The number of amides is 1. The van der Waals surface area contributed by atoms with Gasteiger partial charge in [-0.25, -0.2) is 4.39 Å². The number of halogens is 2. The Morgan fingerprint density at radius 2 is 2.11 bits per heavy atom. The molecule has 0 bridgehead atoms. The quantitative estimate of drug-likeness (QED) is 0.875.